The van der Waals surface area contributed by atoms with Crippen LogP contribution in [0.1, 0.15) is 33.6 Å². The average Bonchev–Trinajstić information content (AvgIpc) is 2.66. The summed E-state index contributed by atoms with van der Waals surface area (Å²) in [5.74, 6) is 0.308. The van der Waals surface area contributed by atoms with Gasteiger partial charge in [0.25, 0.3) is 0 Å². The van der Waals surface area contributed by atoms with E-state index in [1.807, 2.05) is 12.2 Å². The Bertz CT molecular complexity index is 387. The molecule has 3 heteroatoms. The molecule has 1 unspecified atom stereocenters. The highest BCUT2D eigenvalue weighted by atomic mass is 16.5. The van der Waals surface area contributed by atoms with E-state index in [1.165, 1.54) is 7.11 Å². The maximum Gasteiger partial charge on any atom is 0.219 e. The van der Waals surface area contributed by atoms with E-state index in [4.69, 9.17) is 9.47 Å². The molecule has 2 aliphatic rings. The van der Waals surface area contributed by atoms with Crippen LogP contribution in [0, 0.1) is 5.41 Å². The monoisotopic (exact) mass is 236 g/mol. The number of ketones is 1. The lowest BCUT2D eigenvalue weighted by molar-refractivity contribution is -0.115. The van der Waals surface area contributed by atoms with Crippen molar-refractivity contribution >= 4 is 5.78 Å². The Hall–Kier alpha value is -1.09. The molecule has 1 saturated heterocycles. The Balaban J connectivity index is 2.21. The summed E-state index contributed by atoms with van der Waals surface area (Å²) in [5.41, 5.74) is -0.308. The lowest BCUT2D eigenvalue weighted by Gasteiger charge is -2.31. The van der Waals surface area contributed by atoms with Crippen molar-refractivity contribution < 1.29 is 14.3 Å². The number of ether oxygens (including phenoxy) is 2. The van der Waals surface area contributed by atoms with Crippen LogP contribution in [-0.4, -0.2) is 24.6 Å². The molecule has 0 radical (unpaired) electrons. The zero-order chi connectivity index (χ0) is 12.7. The molecule has 1 aliphatic carbocycles. The van der Waals surface area contributed by atoms with Gasteiger partial charge in [-0.25, -0.2) is 0 Å². The Kier molecular flexibility index (Phi) is 2.90. The highest BCUT2D eigenvalue weighted by molar-refractivity contribution is 6.03. The van der Waals surface area contributed by atoms with E-state index in [9.17, 15) is 4.79 Å². The van der Waals surface area contributed by atoms with Gasteiger partial charge < -0.3 is 9.47 Å². The van der Waals surface area contributed by atoms with Gasteiger partial charge in [-0.2, -0.15) is 0 Å². The van der Waals surface area contributed by atoms with E-state index in [0.717, 1.165) is 12.8 Å². The first kappa shape index (κ1) is 12.4. The molecule has 0 N–H and O–H groups in total. The van der Waals surface area contributed by atoms with Gasteiger partial charge in [0.15, 0.2) is 5.76 Å². The molecule has 1 spiro atoms. The van der Waals surface area contributed by atoms with Crippen LogP contribution in [0.5, 0.6) is 0 Å². The van der Waals surface area contributed by atoms with Crippen LogP contribution in [0.25, 0.3) is 0 Å². The predicted octanol–water partition coefficient (Wildman–Crippen LogP) is 2.62. The predicted molar refractivity (Wildman–Crippen MR) is 65.5 cm³/mol. The average molecular weight is 236 g/mol. The van der Waals surface area contributed by atoms with Gasteiger partial charge in [-0.1, -0.05) is 20.8 Å². The maximum absolute atomic E-state index is 11.5. The van der Waals surface area contributed by atoms with Crippen molar-refractivity contribution in [2.24, 2.45) is 5.41 Å². The number of carbonyl (C=O) groups excluding carboxylic acids is 1. The number of rotatable bonds is 1. The van der Waals surface area contributed by atoms with Gasteiger partial charge in [-0.05, 0) is 36.5 Å². The van der Waals surface area contributed by atoms with Gasteiger partial charge in [-0.3, -0.25) is 4.79 Å². The zero-order valence-corrected chi connectivity index (χ0v) is 10.9. The zero-order valence-electron chi connectivity index (χ0n) is 10.9. The van der Waals surface area contributed by atoms with Crippen LogP contribution in [-0.2, 0) is 14.3 Å². The summed E-state index contributed by atoms with van der Waals surface area (Å²) in [6, 6.07) is 0. The summed E-state index contributed by atoms with van der Waals surface area (Å²) in [6.45, 7) is 6.53. The first-order valence-corrected chi connectivity index (χ1v) is 6.04. The van der Waals surface area contributed by atoms with Crippen molar-refractivity contribution in [1.29, 1.82) is 0 Å². The molecular weight excluding hydrogens is 216 g/mol. The fourth-order valence-corrected chi connectivity index (χ4v) is 2.38. The van der Waals surface area contributed by atoms with E-state index in [1.54, 1.807) is 6.08 Å². The Morgan fingerprint density at radius 2 is 2.18 bits per heavy atom. The largest absolute Gasteiger partial charge is 0.493 e. The van der Waals surface area contributed by atoms with Gasteiger partial charge in [-0.15, -0.1) is 0 Å². The van der Waals surface area contributed by atoms with E-state index >= 15 is 0 Å². The third-order valence-corrected chi connectivity index (χ3v) is 3.48. The standard InChI is InChI=1S/C14H20O3/c1-13(2,3)12-6-8-14(17-12)7-5-10(15)11(9-14)16-4/h5,7,9,12H,6,8H2,1-4H3/t12?,14-/m0/s1. The summed E-state index contributed by atoms with van der Waals surface area (Å²) in [4.78, 5) is 11.5. The molecular formula is C14H20O3. The van der Waals surface area contributed by atoms with Gasteiger partial charge in [0.05, 0.1) is 13.2 Å². The molecule has 17 heavy (non-hydrogen) atoms. The van der Waals surface area contributed by atoms with Crippen LogP contribution < -0.4 is 0 Å². The summed E-state index contributed by atoms with van der Waals surface area (Å²) >= 11 is 0. The van der Waals surface area contributed by atoms with E-state index < -0.39 is 5.60 Å². The molecule has 1 heterocycles. The molecule has 0 saturated carbocycles. The van der Waals surface area contributed by atoms with Crippen molar-refractivity contribution in [1.82, 2.24) is 0 Å². The molecule has 1 aliphatic heterocycles. The van der Waals surface area contributed by atoms with E-state index in [0.29, 0.717) is 5.76 Å². The van der Waals surface area contributed by atoms with Gasteiger partial charge in [0, 0.05) is 0 Å². The molecule has 0 bridgehead atoms. The van der Waals surface area contributed by atoms with Crippen molar-refractivity contribution in [3.05, 3.63) is 24.0 Å². The molecule has 3 nitrogen and oxygen atoms in total. The van der Waals surface area contributed by atoms with Crippen molar-refractivity contribution in [3.63, 3.8) is 0 Å². The normalized spacial score (nSPS) is 33.1. The van der Waals surface area contributed by atoms with Crippen LogP contribution in [0.15, 0.2) is 24.0 Å². The molecule has 0 aromatic carbocycles. The minimum Gasteiger partial charge on any atom is -0.493 e. The Labute approximate surface area is 102 Å². The van der Waals surface area contributed by atoms with Crippen molar-refractivity contribution in [3.8, 4) is 0 Å². The Morgan fingerprint density at radius 1 is 1.47 bits per heavy atom. The second-order valence-electron chi connectivity index (χ2n) is 5.88. The molecule has 2 atom stereocenters. The summed E-state index contributed by atoms with van der Waals surface area (Å²) < 4.78 is 11.2. The van der Waals surface area contributed by atoms with Gasteiger partial charge in [0.1, 0.15) is 5.60 Å². The van der Waals surface area contributed by atoms with Crippen molar-refractivity contribution in [2.45, 2.75) is 45.3 Å². The van der Waals surface area contributed by atoms with Crippen LogP contribution in [0.4, 0.5) is 0 Å². The molecule has 0 amide bonds. The third kappa shape index (κ3) is 2.29. The molecule has 1 fully saturated rings. The van der Waals surface area contributed by atoms with Gasteiger partial charge >= 0.3 is 0 Å². The SMILES string of the molecule is COC1=C[C@]2(C=CC1=O)CCC(C(C)(C)C)O2. The maximum atomic E-state index is 11.5. The number of hydrogen-bond donors (Lipinski definition) is 0. The quantitative estimate of drug-likeness (QED) is 0.702. The number of methoxy groups -OCH3 is 1. The van der Waals surface area contributed by atoms with Crippen molar-refractivity contribution in [2.75, 3.05) is 7.11 Å². The number of hydrogen-bond acceptors (Lipinski definition) is 3. The summed E-state index contributed by atoms with van der Waals surface area (Å²) in [6.07, 6.45) is 7.38. The molecule has 94 valence electrons. The lowest BCUT2D eigenvalue weighted by Crippen LogP contribution is -2.33. The van der Waals surface area contributed by atoms with Crippen LogP contribution >= 0.6 is 0 Å². The fourth-order valence-electron chi connectivity index (χ4n) is 2.38. The molecule has 0 aromatic heterocycles. The smallest absolute Gasteiger partial charge is 0.219 e. The van der Waals surface area contributed by atoms with Crippen LogP contribution in [0.2, 0.25) is 0 Å². The minimum absolute atomic E-state index is 0.0825. The summed E-state index contributed by atoms with van der Waals surface area (Å²) in [7, 11) is 1.52. The highest BCUT2D eigenvalue weighted by Crippen LogP contribution is 2.42. The second kappa shape index (κ2) is 3.98. The molecule has 2 rings (SSSR count). The lowest BCUT2D eigenvalue weighted by atomic mass is 9.86. The minimum atomic E-state index is -0.433. The van der Waals surface area contributed by atoms with E-state index in [-0.39, 0.29) is 17.3 Å². The third-order valence-electron chi connectivity index (χ3n) is 3.48. The topological polar surface area (TPSA) is 35.5 Å². The van der Waals surface area contributed by atoms with E-state index in [2.05, 4.69) is 20.8 Å². The second-order valence-corrected chi connectivity index (χ2v) is 5.88. The number of carbonyl (C=O) groups is 1. The van der Waals surface area contributed by atoms with Gasteiger partial charge in [0.2, 0.25) is 5.78 Å². The first-order valence-electron chi connectivity index (χ1n) is 6.04. The fraction of sp³-hybridized carbons (Fsp3) is 0.643. The van der Waals surface area contributed by atoms with Crippen LogP contribution in [0.3, 0.4) is 0 Å². The Morgan fingerprint density at radius 3 is 2.71 bits per heavy atom. The highest BCUT2D eigenvalue weighted by Gasteiger charge is 2.43. The number of allylic oxidation sites excluding steroid dienone is 1. The summed E-state index contributed by atoms with van der Waals surface area (Å²) in [5, 5.41) is 0. The molecule has 0 aromatic rings. The first-order chi connectivity index (χ1) is 7.86.